The number of hydrogen-bond acceptors (Lipinski definition) is 4. The molecule has 1 aliphatic heterocycles. The molecule has 0 atom stereocenters. The third kappa shape index (κ3) is 5.29. The zero-order chi connectivity index (χ0) is 25.3. The second kappa shape index (κ2) is 10.8. The van der Waals surface area contributed by atoms with Crippen molar-refractivity contribution in [1.29, 1.82) is 0 Å². The van der Waals surface area contributed by atoms with E-state index in [2.05, 4.69) is 42.2 Å². The maximum absolute atomic E-state index is 13.3. The van der Waals surface area contributed by atoms with E-state index < -0.39 is 0 Å². The first-order chi connectivity index (χ1) is 16.7. The number of carbonyl (C=O) groups is 1. The first-order valence-electron chi connectivity index (χ1n) is 12.9. The summed E-state index contributed by atoms with van der Waals surface area (Å²) in [6.45, 7) is 7.97. The van der Waals surface area contributed by atoms with Crippen LogP contribution >= 0.6 is 11.6 Å². The highest BCUT2D eigenvalue weighted by Gasteiger charge is 2.28. The number of anilines is 1. The average molecular weight is 499 g/mol. The lowest BCUT2D eigenvalue weighted by Crippen LogP contribution is -2.42. The fourth-order valence-corrected chi connectivity index (χ4v) is 6.15. The Morgan fingerprint density at radius 1 is 1.11 bits per heavy atom. The molecule has 190 valence electrons. The molecule has 4 rings (SSSR count). The van der Waals surface area contributed by atoms with E-state index in [4.69, 9.17) is 11.6 Å². The minimum absolute atomic E-state index is 0.0202. The van der Waals surface area contributed by atoms with E-state index >= 15 is 0 Å². The summed E-state index contributed by atoms with van der Waals surface area (Å²) in [7, 11) is 4.32. The van der Waals surface area contributed by atoms with Crippen molar-refractivity contribution in [2.24, 2.45) is 0 Å². The molecule has 6 nitrogen and oxygen atoms in total. The number of nitrogens with one attached hydrogen (secondary N) is 1. The van der Waals surface area contributed by atoms with Gasteiger partial charge in [0, 0.05) is 59.2 Å². The van der Waals surface area contributed by atoms with Gasteiger partial charge in [-0.1, -0.05) is 11.6 Å². The molecule has 0 unspecified atom stereocenters. The van der Waals surface area contributed by atoms with Gasteiger partial charge in [-0.25, -0.2) is 0 Å². The Kier molecular flexibility index (Phi) is 7.92. The average Bonchev–Trinajstić information content (AvgIpc) is 3.30. The summed E-state index contributed by atoms with van der Waals surface area (Å²) in [6, 6.07) is 6.90. The third-order valence-electron chi connectivity index (χ3n) is 8.03. The zero-order valence-electron chi connectivity index (χ0n) is 21.8. The molecular weight excluding hydrogens is 460 g/mol. The largest absolute Gasteiger partial charge is 0.369 e. The van der Waals surface area contributed by atoms with E-state index in [0.29, 0.717) is 28.2 Å². The number of rotatable bonds is 7. The van der Waals surface area contributed by atoms with Gasteiger partial charge in [0.15, 0.2) is 0 Å². The number of nitrogens with zero attached hydrogens (tertiary/aromatic N) is 3. The molecule has 1 aromatic heterocycles. The number of halogens is 1. The fourth-order valence-electron chi connectivity index (χ4n) is 5.94. The third-order valence-corrected chi connectivity index (χ3v) is 8.24. The summed E-state index contributed by atoms with van der Waals surface area (Å²) in [5.74, 6) is -0.192. The summed E-state index contributed by atoms with van der Waals surface area (Å²) >= 11 is 6.54. The molecule has 0 radical (unpaired) electrons. The smallest absolute Gasteiger partial charge is 0.256 e. The van der Waals surface area contributed by atoms with E-state index in [0.717, 1.165) is 61.3 Å². The number of pyridine rings is 1. The minimum atomic E-state index is -0.192. The molecule has 1 aliphatic carbocycles. The molecule has 0 bridgehead atoms. The van der Waals surface area contributed by atoms with Gasteiger partial charge >= 0.3 is 0 Å². The van der Waals surface area contributed by atoms with Crippen molar-refractivity contribution in [3.05, 3.63) is 61.5 Å². The Hall–Kier alpha value is -2.31. The highest BCUT2D eigenvalue weighted by atomic mass is 35.5. The monoisotopic (exact) mass is 498 g/mol. The van der Waals surface area contributed by atoms with Gasteiger partial charge in [0.1, 0.15) is 0 Å². The van der Waals surface area contributed by atoms with Gasteiger partial charge in [-0.15, -0.1) is 0 Å². The van der Waals surface area contributed by atoms with Crippen LogP contribution in [0.2, 0.25) is 5.02 Å². The van der Waals surface area contributed by atoms with Crippen LogP contribution in [0.25, 0.3) is 0 Å². The lowest BCUT2D eigenvalue weighted by molar-refractivity contribution is 0.0950. The number of hydrogen-bond donors (Lipinski definition) is 1. The van der Waals surface area contributed by atoms with E-state index in [-0.39, 0.29) is 18.0 Å². The van der Waals surface area contributed by atoms with Gasteiger partial charge in [0.25, 0.3) is 11.5 Å². The quantitative estimate of drug-likeness (QED) is 0.601. The number of fused-ring (bicyclic) bond motifs is 1. The molecule has 0 saturated heterocycles. The van der Waals surface area contributed by atoms with E-state index in [1.54, 1.807) is 6.07 Å². The van der Waals surface area contributed by atoms with E-state index in [1.165, 1.54) is 12.8 Å². The molecule has 1 N–H and O–H groups in total. The molecule has 1 aromatic carbocycles. The Balaban J connectivity index is 1.54. The van der Waals surface area contributed by atoms with Crippen LogP contribution in [-0.2, 0) is 19.5 Å². The highest BCUT2D eigenvalue weighted by molar-refractivity contribution is 6.31. The summed E-state index contributed by atoms with van der Waals surface area (Å²) in [4.78, 5) is 31.0. The molecule has 7 heteroatoms. The Morgan fingerprint density at radius 3 is 2.46 bits per heavy atom. The molecular formula is C28H39ClN4O2. The van der Waals surface area contributed by atoms with Gasteiger partial charge in [-0.2, -0.15) is 0 Å². The summed E-state index contributed by atoms with van der Waals surface area (Å²) in [6.07, 6.45) is 6.56. The SMILES string of the molecule is CCN(c1cc(Cl)cc(C(=O)NCc2c(C)cc3n(c2=O)CCC3)c1C)C1CCC(N(C)C)CC1. The normalized spacial score (nSPS) is 19.6. The summed E-state index contributed by atoms with van der Waals surface area (Å²) in [5.41, 5.74) is 5.27. The highest BCUT2D eigenvalue weighted by Crippen LogP contribution is 2.34. The van der Waals surface area contributed by atoms with Gasteiger partial charge in [-0.05, 0) is 103 Å². The second-order valence-corrected chi connectivity index (χ2v) is 10.8. The van der Waals surface area contributed by atoms with Crippen molar-refractivity contribution < 1.29 is 4.79 Å². The van der Waals surface area contributed by atoms with E-state index in [9.17, 15) is 9.59 Å². The van der Waals surface area contributed by atoms with Crippen molar-refractivity contribution >= 4 is 23.2 Å². The first kappa shape index (κ1) is 25.8. The maximum atomic E-state index is 13.3. The lowest BCUT2D eigenvalue weighted by Gasteiger charge is -2.40. The van der Waals surface area contributed by atoms with Gasteiger partial charge in [0.2, 0.25) is 0 Å². The molecule has 1 saturated carbocycles. The fraction of sp³-hybridized carbons (Fsp3) is 0.571. The number of aryl methyl sites for hydroxylation is 2. The topological polar surface area (TPSA) is 57.6 Å². The minimum Gasteiger partial charge on any atom is -0.369 e. The molecule has 2 aliphatic rings. The second-order valence-electron chi connectivity index (χ2n) is 10.3. The van der Waals surface area contributed by atoms with Gasteiger partial charge in [0.05, 0.1) is 0 Å². The van der Waals surface area contributed by atoms with Crippen LogP contribution in [0.1, 0.15) is 71.8 Å². The Bertz CT molecular complexity index is 1150. The van der Waals surface area contributed by atoms with Gasteiger partial charge in [-0.3, -0.25) is 9.59 Å². The van der Waals surface area contributed by atoms with Crippen LogP contribution in [0.15, 0.2) is 23.0 Å². The standard InChI is InChI=1S/C28H39ClN4O2/c1-6-32(22-11-9-21(10-12-22)31(4)5)26-16-20(29)15-24(19(26)3)27(34)30-17-25-18(2)14-23-8-7-13-33(23)28(25)35/h14-16,21-22H,6-13,17H2,1-5H3,(H,30,34). The number of carbonyl (C=O) groups excluding carboxylic acids is 1. The number of aromatic nitrogens is 1. The molecule has 0 spiro atoms. The van der Waals surface area contributed by atoms with Crippen molar-refractivity contribution in [1.82, 2.24) is 14.8 Å². The summed E-state index contributed by atoms with van der Waals surface area (Å²) in [5, 5.41) is 3.56. The lowest BCUT2D eigenvalue weighted by atomic mass is 9.89. The zero-order valence-corrected chi connectivity index (χ0v) is 22.5. The maximum Gasteiger partial charge on any atom is 0.256 e. The number of benzene rings is 1. The van der Waals surface area contributed by atoms with Crippen LogP contribution in [0.4, 0.5) is 5.69 Å². The Morgan fingerprint density at radius 2 is 1.80 bits per heavy atom. The predicted molar refractivity (Wildman–Crippen MR) is 144 cm³/mol. The van der Waals surface area contributed by atoms with Crippen LogP contribution in [0.5, 0.6) is 0 Å². The van der Waals surface area contributed by atoms with Gasteiger partial charge < -0.3 is 19.7 Å². The van der Waals surface area contributed by atoms with Crippen molar-refractivity contribution in [3.63, 3.8) is 0 Å². The Labute approximate surface area is 214 Å². The molecule has 35 heavy (non-hydrogen) atoms. The molecule has 1 fully saturated rings. The first-order valence-corrected chi connectivity index (χ1v) is 13.3. The van der Waals surface area contributed by atoms with Crippen LogP contribution < -0.4 is 15.8 Å². The van der Waals surface area contributed by atoms with Crippen LogP contribution in [-0.4, -0.2) is 48.1 Å². The molecule has 1 amide bonds. The van der Waals surface area contributed by atoms with E-state index in [1.807, 2.05) is 24.5 Å². The number of amides is 1. The summed E-state index contributed by atoms with van der Waals surface area (Å²) < 4.78 is 1.85. The van der Waals surface area contributed by atoms with Crippen molar-refractivity contribution in [3.8, 4) is 0 Å². The van der Waals surface area contributed by atoms with Crippen molar-refractivity contribution in [2.45, 2.75) is 84.5 Å². The molecule has 2 heterocycles. The van der Waals surface area contributed by atoms with Crippen molar-refractivity contribution in [2.75, 3.05) is 25.5 Å². The molecule has 2 aromatic rings. The predicted octanol–water partition coefficient (Wildman–Crippen LogP) is 4.69. The van der Waals surface area contributed by atoms with Crippen LogP contribution in [0, 0.1) is 13.8 Å². The van der Waals surface area contributed by atoms with Crippen LogP contribution in [0.3, 0.4) is 0 Å².